The van der Waals surface area contributed by atoms with E-state index in [-0.39, 0.29) is 12.4 Å². The first-order valence-corrected chi connectivity index (χ1v) is 9.73. The first-order chi connectivity index (χ1) is 14.0. The Kier molecular flexibility index (Phi) is 6.69. The normalized spacial score (nSPS) is 11.1. The van der Waals surface area contributed by atoms with Gasteiger partial charge in [-0.1, -0.05) is 42.0 Å². The van der Waals surface area contributed by atoms with Crippen LogP contribution in [-0.4, -0.2) is 7.11 Å². The fourth-order valence-corrected chi connectivity index (χ4v) is 3.35. The second kappa shape index (κ2) is 9.40. The van der Waals surface area contributed by atoms with Gasteiger partial charge < -0.3 is 9.47 Å². The van der Waals surface area contributed by atoms with Gasteiger partial charge in [-0.3, -0.25) is 0 Å². The van der Waals surface area contributed by atoms with Gasteiger partial charge in [-0.05, 0) is 69.9 Å². The van der Waals surface area contributed by atoms with E-state index in [1.165, 1.54) is 12.1 Å². The molecule has 0 amide bonds. The van der Waals surface area contributed by atoms with Crippen LogP contribution in [0.3, 0.4) is 0 Å². The Morgan fingerprint density at radius 1 is 1.10 bits per heavy atom. The van der Waals surface area contributed by atoms with Crippen molar-refractivity contribution >= 4 is 27.6 Å². The van der Waals surface area contributed by atoms with E-state index >= 15 is 0 Å². The highest BCUT2D eigenvalue weighted by Crippen LogP contribution is 2.38. The maximum atomic E-state index is 13.1. The van der Waals surface area contributed by atoms with Crippen LogP contribution in [0.25, 0.3) is 11.6 Å². The molecule has 0 N–H and O–H groups in total. The van der Waals surface area contributed by atoms with Crippen LogP contribution in [0.15, 0.2) is 65.1 Å². The second-order valence-corrected chi connectivity index (χ2v) is 7.34. The van der Waals surface area contributed by atoms with Gasteiger partial charge in [0.2, 0.25) is 0 Å². The lowest BCUT2D eigenvalue weighted by Gasteiger charge is -2.14. The van der Waals surface area contributed by atoms with E-state index in [1.54, 1.807) is 19.2 Å². The summed E-state index contributed by atoms with van der Waals surface area (Å²) in [5.74, 6) is 0.794. The van der Waals surface area contributed by atoms with Gasteiger partial charge >= 0.3 is 0 Å². The topological polar surface area (TPSA) is 42.2 Å². The van der Waals surface area contributed by atoms with Crippen LogP contribution in [0.1, 0.15) is 22.3 Å². The third-order valence-corrected chi connectivity index (χ3v) is 4.93. The van der Waals surface area contributed by atoms with Crippen LogP contribution < -0.4 is 9.47 Å². The second-order valence-electron chi connectivity index (χ2n) is 6.49. The van der Waals surface area contributed by atoms with Gasteiger partial charge in [0, 0.05) is 0 Å². The number of ether oxygens (including phenoxy) is 2. The number of nitrogens with zero attached hydrogens (tertiary/aromatic N) is 1. The summed E-state index contributed by atoms with van der Waals surface area (Å²) < 4.78 is 25.1. The number of hydrogen-bond donors (Lipinski definition) is 0. The molecule has 0 aromatic heterocycles. The van der Waals surface area contributed by atoms with Crippen LogP contribution in [0, 0.1) is 24.1 Å². The van der Waals surface area contributed by atoms with Crippen molar-refractivity contribution in [3.05, 3.63) is 93.2 Å². The third kappa shape index (κ3) is 5.24. The molecule has 3 aromatic rings. The van der Waals surface area contributed by atoms with Crippen molar-refractivity contribution in [2.75, 3.05) is 7.11 Å². The number of benzene rings is 3. The van der Waals surface area contributed by atoms with Gasteiger partial charge in [-0.15, -0.1) is 0 Å². The Morgan fingerprint density at radius 2 is 1.79 bits per heavy atom. The van der Waals surface area contributed by atoms with Crippen LogP contribution in [-0.2, 0) is 6.61 Å². The van der Waals surface area contributed by atoms with Gasteiger partial charge in [0.1, 0.15) is 12.4 Å². The van der Waals surface area contributed by atoms with E-state index in [0.29, 0.717) is 21.5 Å². The van der Waals surface area contributed by atoms with Crippen LogP contribution in [0.4, 0.5) is 4.39 Å². The molecular weight excluding hydrogens is 433 g/mol. The monoisotopic (exact) mass is 451 g/mol. The van der Waals surface area contributed by atoms with E-state index in [9.17, 15) is 9.65 Å². The molecule has 0 heterocycles. The first-order valence-electron chi connectivity index (χ1n) is 8.94. The van der Waals surface area contributed by atoms with E-state index in [0.717, 1.165) is 22.3 Å². The van der Waals surface area contributed by atoms with E-state index in [2.05, 4.69) is 22.0 Å². The van der Waals surface area contributed by atoms with Gasteiger partial charge in [0.15, 0.2) is 11.5 Å². The Morgan fingerprint density at radius 3 is 2.41 bits per heavy atom. The lowest BCUT2D eigenvalue weighted by Crippen LogP contribution is -1.99. The molecular formula is C24H19BrFNO2. The molecule has 0 fully saturated rings. The lowest BCUT2D eigenvalue weighted by molar-refractivity contribution is 0.282. The minimum absolute atomic E-state index is 0.275. The molecule has 0 unspecified atom stereocenters. The average molecular weight is 452 g/mol. The lowest BCUT2D eigenvalue weighted by atomic mass is 10.0. The SMILES string of the molecule is COc1cc(/C=C(/C#N)c2ccc(C)cc2)cc(Br)c1OCc1ccc(F)cc1. The van der Waals surface area contributed by atoms with Gasteiger partial charge in [0.05, 0.1) is 23.2 Å². The van der Waals surface area contributed by atoms with Crippen molar-refractivity contribution in [3.8, 4) is 17.6 Å². The quantitative estimate of drug-likeness (QED) is 0.315. The summed E-state index contributed by atoms with van der Waals surface area (Å²) >= 11 is 3.52. The van der Waals surface area contributed by atoms with E-state index in [4.69, 9.17) is 9.47 Å². The highest BCUT2D eigenvalue weighted by Gasteiger charge is 2.12. The molecule has 146 valence electrons. The molecule has 29 heavy (non-hydrogen) atoms. The van der Waals surface area contributed by atoms with Crippen LogP contribution >= 0.6 is 15.9 Å². The Balaban J connectivity index is 1.88. The maximum Gasteiger partial charge on any atom is 0.175 e. The fraction of sp³-hybridized carbons (Fsp3) is 0.125. The molecule has 0 aliphatic heterocycles. The molecule has 0 bridgehead atoms. The Labute approximate surface area is 178 Å². The molecule has 0 aliphatic carbocycles. The smallest absolute Gasteiger partial charge is 0.175 e. The number of aryl methyl sites for hydroxylation is 1. The zero-order valence-corrected chi connectivity index (χ0v) is 17.7. The molecule has 0 aliphatic rings. The van der Waals surface area contributed by atoms with Crippen molar-refractivity contribution < 1.29 is 13.9 Å². The summed E-state index contributed by atoms with van der Waals surface area (Å²) in [6, 6.07) is 19.9. The van der Waals surface area contributed by atoms with Crippen molar-refractivity contribution in [1.82, 2.24) is 0 Å². The zero-order chi connectivity index (χ0) is 20.8. The van der Waals surface area contributed by atoms with Crippen molar-refractivity contribution in [3.63, 3.8) is 0 Å². The molecule has 0 saturated carbocycles. The van der Waals surface area contributed by atoms with Gasteiger partial charge in [-0.25, -0.2) is 4.39 Å². The van der Waals surface area contributed by atoms with Gasteiger partial charge in [-0.2, -0.15) is 5.26 Å². The third-order valence-electron chi connectivity index (χ3n) is 4.34. The molecule has 3 rings (SSSR count). The molecule has 0 saturated heterocycles. The Hall–Kier alpha value is -3.10. The predicted molar refractivity (Wildman–Crippen MR) is 116 cm³/mol. The zero-order valence-electron chi connectivity index (χ0n) is 16.1. The molecule has 3 nitrogen and oxygen atoms in total. The van der Waals surface area contributed by atoms with Crippen LogP contribution in [0.2, 0.25) is 0 Å². The Bertz CT molecular complexity index is 1070. The largest absolute Gasteiger partial charge is 0.493 e. The predicted octanol–water partition coefficient (Wildman–Crippen LogP) is 6.55. The van der Waals surface area contributed by atoms with Crippen molar-refractivity contribution in [2.24, 2.45) is 0 Å². The number of methoxy groups -OCH3 is 1. The summed E-state index contributed by atoms with van der Waals surface area (Å²) in [6.07, 6.45) is 1.81. The molecule has 0 spiro atoms. The van der Waals surface area contributed by atoms with Crippen molar-refractivity contribution in [1.29, 1.82) is 5.26 Å². The number of hydrogen-bond acceptors (Lipinski definition) is 3. The van der Waals surface area contributed by atoms with Gasteiger partial charge in [0.25, 0.3) is 0 Å². The number of allylic oxidation sites excluding steroid dienone is 1. The first kappa shape index (κ1) is 20.6. The molecule has 3 aromatic carbocycles. The minimum atomic E-state index is -0.287. The number of rotatable bonds is 6. The highest BCUT2D eigenvalue weighted by molar-refractivity contribution is 9.10. The number of nitriles is 1. The summed E-state index contributed by atoms with van der Waals surface area (Å²) in [5, 5.41) is 9.58. The molecule has 0 atom stereocenters. The number of halogens is 2. The average Bonchev–Trinajstić information content (AvgIpc) is 2.72. The van der Waals surface area contributed by atoms with E-state index < -0.39 is 0 Å². The highest BCUT2D eigenvalue weighted by atomic mass is 79.9. The van der Waals surface area contributed by atoms with E-state index in [1.807, 2.05) is 49.4 Å². The minimum Gasteiger partial charge on any atom is -0.493 e. The summed E-state index contributed by atoms with van der Waals surface area (Å²) in [7, 11) is 1.56. The van der Waals surface area contributed by atoms with Crippen LogP contribution in [0.5, 0.6) is 11.5 Å². The molecule has 0 radical (unpaired) electrons. The summed E-state index contributed by atoms with van der Waals surface area (Å²) in [6.45, 7) is 2.28. The maximum absolute atomic E-state index is 13.1. The standard InChI is InChI=1S/C24H19BrFNO2/c1-16-3-7-19(8-4-16)20(14-27)11-18-12-22(25)24(23(13-18)28-2)29-15-17-5-9-21(26)10-6-17/h3-13H,15H2,1-2H3/b20-11-. The summed E-state index contributed by atoms with van der Waals surface area (Å²) in [5.41, 5.74) is 4.19. The summed E-state index contributed by atoms with van der Waals surface area (Å²) in [4.78, 5) is 0. The fourth-order valence-electron chi connectivity index (χ4n) is 2.78. The van der Waals surface area contributed by atoms with Crippen molar-refractivity contribution in [2.45, 2.75) is 13.5 Å². The molecule has 5 heteroatoms.